The Balaban J connectivity index is 2.47. The molecule has 0 aromatic rings. The fraction of sp³-hybridized carbons (Fsp3) is 0.625. The number of nitrogens with zero attached hydrogens (tertiary/aromatic N) is 2. The molecule has 0 saturated heterocycles. The third-order valence-electron chi connectivity index (χ3n) is 1.72. The second-order valence-corrected chi connectivity index (χ2v) is 3.10. The Morgan fingerprint density at radius 3 is 3.18 bits per heavy atom. The molecule has 2 nitrogen and oxygen atoms in total. The van der Waals surface area contributed by atoms with Crippen molar-refractivity contribution in [2.75, 3.05) is 0 Å². The molecule has 1 rings (SSSR count). The van der Waals surface area contributed by atoms with Gasteiger partial charge in [-0.3, -0.25) is 4.99 Å². The van der Waals surface area contributed by atoms with E-state index in [0.717, 1.165) is 24.1 Å². The van der Waals surface area contributed by atoms with Crippen LogP contribution in [0.2, 0.25) is 0 Å². The normalized spacial score (nSPS) is 22.6. The smallest absolute Gasteiger partial charge is 0.0817 e. The van der Waals surface area contributed by atoms with Crippen LogP contribution in [0.1, 0.15) is 25.7 Å². The molecule has 3 heteroatoms. The molecule has 0 bridgehead atoms. The second-order valence-electron chi connectivity index (χ2n) is 2.58. The lowest BCUT2D eigenvalue weighted by Gasteiger charge is -2.14. The molecule has 0 aromatic carbocycles. The maximum atomic E-state index is 8.38. The lowest BCUT2D eigenvalue weighted by atomic mass is 10.0. The summed E-state index contributed by atoms with van der Waals surface area (Å²) < 4.78 is 0. The highest BCUT2D eigenvalue weighted by atomic mass is 32.1. The molecule has 0 aromatic heterocycles. The molecule has 0 fully saturated rings. The van der Waals surface area contributed by atoms with Gasteiger partial charge in [-0.2, -0.15) is 5.26 Å². The molecule has 1 unspecified atom stereocenters. The maximum absolute atomic E-state index is 8.38. The monoisotopic (exact) mass is 166 g/mol. The van der Waals surface area contributed by atoms with E-state index in [4.69, 9.17) is 17.5 Å². The molecule has 0 amide bonds. The Morgan fingerprint density at radius 1 is 1.82 bits per heavy atom. The minimum atomic E-state index is 0.151. The number of thiocarbonyl (C=S) groups is 1. The zero-order chi connectivity index (χ0) is 8.10. The average molecular weight is 166 g/mol. The first kappa shape index (κ1) is 8.35. The zero-order valence-electron chi connectivity index (χ0n) is 6.29. The van der Waals surface area contributed by atoms with Crippen LogP contribution in [-0.4, -0.2) is 17.1 Å². The highest BCUT2D eigenvalue weighted by Gasteiger charge is 2.13. The Labute approximate surface area is 71.9 Å². The first-order valence-electron chi connectivity index (χ1n) is 3.76. The molecule has 0 aliphatic carbocycles. The van der Waals surface area contributed by atoms with E-state index >= 15 is 0 Å². The van der Waals surface area contributed by atoms with Gasteiger partial charge in [-0.05, 0) is 25.5 Å². The molecule has 1 aliphatic heterocycles. The van der Waals surface area contributed by atoms with Crippen LogP contribution in [0.15, 0.2) is 4.99 Å². The van der Waals surface area contributed by atoms with Gasteiger partial charge in [0.2, 0.25) is 0 Å². The van der Waals surface area contributed by atoms with E-state index in [2.05, 4.69) is 4.99 Å². The molecule has 1 atom stereocenters. The molecule has 0 saturated carbocycles. The number of rotatable bonds is 2. The van der Waals surface area contributed by atoms with Gasteiger partial charge in [-0.15, -0.1) is 0 Å². The molecule has 0 N–H and O–H groups in total. The van der Waals surface area contributed by atoms with Crippen LogP contribution in [0.5, 0.6) is 0 Å². The van der Waals surface area contributed by atoms with Crippen LogP contribution in [0.3, 0.4) is 0 Å². The number of aliphatic imine (C=N–C) groups is 1. The lowest BCUT2D eigenvalue weighted by Crippen LogP contribution is -2.18. The van der Waals surface area contributed by atoms with Crippen molar-refractivity contribution in [2.45, 2.75) is 31.7 Å². The van der Waals surface area contributed by atoms with E-state index in [0.29, 0.717) is 6.42 Å². The summed E-state index contributed by atoms with van der Waals surface area (Å²) >= 11 is 5.04. The van der Waals surface area contributed by atoms with Gasteiger partial charge in [0, 0.05) is 4.86 Å². The van der Waals surface area contributed by atoms with Crippen LogP contribution in [0, 0.1) is 11.3 Å². The topological polar surface area (TPSA) is 36.1 Å². The van der Waals surface area contributed by atoms with E-state index in [1.54, 1.807) is 0 Å². The van der Waals surface area contributed by atoms with Crippen LogP contribution < -0.4 is 0 Å². The lowest BCUT2D eigenvalue weighted by molar-refractivity contribution is 0.685. The summed E-state index contributed by atoms with van der Waals surface area (Å²) in [5, 5.41) is 8.38. The summed E-state index contributed by atoms with van der Waals surface area (Å²) in [5.41, 5.74) is 0. The van der Waals surface area contributed by atoms with Gasteiger partial charge in [0.15, 0.2) is 0 Å². The number of nitriles is 1. The van der Waals surface area contributed by atoms with Crippen molar-refractivity contribution >= 4 is 23.3 Å². The van der Waals surface area contributed by atoms with Gasteiger partial charge >= 0.3 is 0 Å². The van der Waals surface area contributed by atoms with E-state index in [9.17, 15) is 0 Å². The Bertz CT molecular complexity index is 215. The zero-order valence-corrected chi connectivity index (χ0v) is 7.10. The fourth-order valence-corrected chi connectivity index (χ4v) is 1.36. The van der Waals surface area contributed by atoms with Crippen molar-refractivity contribution in [3.63, 3.8) is 0 Å². The second kappa shape index (κ2) is 4.20. The molecule has 1 aliphatic rings. The SMILES string of the molecule is N#CCC(=S)C1CCCC=N1. The quantitative estimate of drug-likeness (QED) is 0.587. The Hall–Kier alpha value is -0.750. The van der Waals surface area contributed by atoms with Crippen LogP contribution in [-0.2, 0) is 0 Å². The highest BCUT2D eigenvalue weighted by molar-refractivity contribution is 7.80. The molecule has 0 radical (unpaired) electrons. The summed E-state index contributed by atoms with van der Waals surface area (Å²) in [6.07, 6.45) is 5.53. The molecular formula is C8H10N2S. The van der Waals surface area contributed by atoms with Crippen molar-refractivity contribution in [2.24, 2.45) is 4.99 Å². The number of hydrogen-bond acceptors (Lipinski definition) is 3. The first-order chi connectivity index (χ1) is 5.34. The average Bonchev–Trinajstić information content (AvgIpc) is 2.07. The van der Waals surface area contributed by atoms with Gasteiger partial charge in [-0.25, -0.2) is 0 Å². The van der Waals surface area contributed by atoms with Crippen LogP contribution in [0.4, 0.5) is 0 Å². The summed E-state index contributed by atoms with van der Waals surface area (Å²) in [7, 11) is 0. The van der Waals surface area contributed by atoms with Gasteiger partial charge in [0.25, 0.3) is 0 Å². The summed E-state index contributed by atoms with van der Waals surface area (Å²) in [6.45, 7) is 0. The number of hydrogen-bond donors (Lipinski definition) is 0. The largest absolute Gasteiger partial charge is 0.289 e. The third kappa shape index (κ3) is 2.39. The van der Waals surface area contributed by atoms with Crippen LogP contribution in [0.25, 0.3) is 0 Å². The van der Waals surface area contributed by atoms with Gasteiger partial charge in [0.1, 0.15) is 0 Å². The van der Waals surface area contributed by atoms with Crippen molar-refractivity contribution in [1.82, 2.24) is 0 Å². The molecular weight excluding hydrogens is 156 g/mol. The minimum Gasteiger partial charge on any atom is -0.289 e. The molecule has 11 heavy (non-hydrogen) atoms. The van der Waals surface area contributed by atoms with Crippen molar-refractivity contribution in [3.05, 3.63) is 0 Å². The molecule has 58 valence electrons. The summed E-state index contributed by atoms with van der Waals surface area (Å²) in [5.74, 6) is 0. The third-order valence-corrected chi connectivity index (χ3v) is 2.14. The summed E-state index contributed by atoms with van der Waals surface area (Å²) in [4.78, 5) is 5.03. The van der Waals surface area contributed by atoms with E-state index in [1.807, 2.05) is 12.3 Å². The standard InChI is InChI=1S/C8H10N2S/c9-5-4-8(11)7-3-1-2-6-10-7/h6-7H,1-4H2. The van der Waals surface area contributed by atoms with Crippen molar-refractivity contribution < 1.29 is 0 Å². The minimum absolute atomic E-state index is 0.151. The van der Waals surface area contributed by atoms with Crippen molar-refractivity contribution in [1.29, 1.82) is 5.26 Å². The fourth-order valence-electron chi connectivity index (χ4n) is 1.12. The Kier molecular flexibility index (Phi) is 3.18. The highest BCUT2D eigenvalue weighted by Crippen LogP contribution is 2.12. The predicted octanol–water partition coefficient (Wildman–Crippen LogP) is 1.89. The van der Waals surface area contributed by atoms with Gasteiger partial charge < -0.3 is 0 Å². The van der Waals surface area contributed by atoms with Gasteiger partial charge in [0.05, 0.1) is 18.5 Å². The van der Waals surface area contributed by atoms with E-state index < -0.39 is 0 Å². The molecule has 1 heterocycles. The molecule has 0 spiro atoms. The predicted molar refractivity (Wildman–Crippen MR) is 49.0 cm³/mol. The maximum Gasteiger partial charge on any atom is 0.0817 e. The summed E-state index contributed by atoms with van der Waals surface area (Å²) in [6, 6.07) is 2.20. The first-order valence-corrected chi connectivity index (χ1v) is 4.16. The van der Waals surface area contributed by atoms with Gasteiger partial charge in [-0.1, -0.05) is 12.2 Å². The van der Waals surface area contributed by atoms with E-state index in [1.165, 1.54) is 0 Å². The van der Waals surface area contributed by atoms with Crippen molar-refractivity contribution in [3.8, 4) is 6.07 Å². The Morgan fingerprint density at radius 2 is 2.64 bits per heavy atom. The van der Waals surface area contributed by atoms with Crippen LogP contribution >= 0.6 is 12.2 Å². The van der Waals surface area contributed by atoms with E-state index in [-0.39, 0.29) is 6.04 Å².